The number of fused-ring (bicyclic) bond motifs is 1. The van der Waals surface area contributed by atoms with Crippen molar-refractivity contribution in [1.82, 2.24) is 20.1 Å². The highest BCUT2D eigenvalue weighted by molar-refractivity contribution is 7.99. The zero-order valence-electron chi connectivity index (χ0n) is 9.19. The van der Waals surface area contributed by atoms with Gasteiger partial charge in [0.25, 0.3) is 0 Å². The van der Waals surface area contributed by atoms with Crippen LogP contribution < -0.4 is 5.32 Å². The molecule has 6 heteroatoms. The minimum absolute atomic E-state index is 0.175. The van der Waals surface area contributed by atoms with E-state index in [4.69, 9.17) is 4.74 Å². The first-order chi connectivity index (χ1) is 7.93. The first-order valence-electron chi connectivity index (χ1n) is 5.82. The summed E-state index contributed by atoms with van der Waals surface area (Å²) in [5, 5.41) is 9.03. The summed E-state index contributed by atoms with van der Waals surface area (Å²) >= 11 is 1.82. The molecule has 5 nitrogen and oxygen atoms in total. The second-order valence-electron chi connectivity index (χ2n) is 4.11. The summed E-state index contributed by atoms with van der Waals surface area (Å²) in [4.78, 5) is 4.61. The third kappa shape index (κ3) is 2.09. The van der Waals surface area contributed by atoms with E-state index >= 15 is 0 Å². The van der Waals surface area contributed by atoms with Crippen molar-refractivity contribution < 1.29 is 4.74 Å². The van der Waals surface area contributed by atoms with E-state index in [9.17, 15) is 0 Å². The van der Waals surface area contributed by atoms with Crippen LogP contribution in [-0.2, 0) is 11.3 Å². The molecule has 0 aliphatic carbocycles. The van der Waals surface area contributed by atoms with Crippen LogP contribution in [0, 0.1) is 0 Å². The van der Waals surface area contributed by atoms with Crippen molar-refractivity contribution in [3.05, 3.63) is 5.82 Å². The number of aryl methyl sites for hydroxylation is 1. The summed E-state index contributed by atoms with van der Waals surface area (Å²) in [7, 11) is 0. The van der Waals surface area contributed by atoms with Gasteiger partial charge >= 0.3 is 0 Å². The number of nitrogens with one attached hydrogen (secondary N) is 1. The van der Waals surface area contributed by atoms with E-state index in [0.717, 1.165) is 36.4 Å². The van der Waals surface area contributed by atoms with Gasteiger partial charge in [0.15, 0.2) is 11.0 Å². The van der Waals surface area contributed by atoms with Crippen molar-refractivity contribution in [2.24, 2.45) is 0 Å². The minimum atomic E-state index is 0.175. The van der Waals surface area contributed by atoms with Crippen LogP contribution in [0.3, 0.4) is 0 Å². The SMILES string of the molecule is C1CCn2nc(C3COCCN3)nc2SC1. The Hall–Kier alpha value is -0.590. The van der Waals surface area contributed by atoms with Crippen LogP contribution in [0.4, 0.5) is 0 Å². The Morgan fingerprint density at radius 3 is 3.31 bits per heavy atom. The molecular weight excluding hydrogens is 224 g/mol. The van der Waals surface area contributed by atoms with Crippen LogP contribution >= 0.6 is 11.8 Å². The van der Waals surface area contributed by atoms with Crippen molar-refractivity contribution >= 4 is 11.8 Å². The number of thioether (sulfide) groups is 1. The Morgan fingerprint density at radius 1 is 1.44 bits per heavy atom. The van der Waals surface area contributed by atoms with Gasteiger partial charge in [-0.15, -0.1) is 0 Å². The lowest BCUT2D eigenvalue weighted by Crippen LogP contribution is -2.35. The average molecular weight is 240 g/mol. The van der Waals surface area contributed by atoms with Gasteiger partial charge in [-0.2, -0.15) is 5.10 Å². The maximum absolute atomic E-state index is 5.43. The van der Waals surface area contributed by atoms with Crippen LogP contribution in [-0.4, -0.2) is 40.3 Å². The maximum atomic E-state index is 5.43. The van der Waals surface area contributed by atoms with E-state index in [1.165, 1.54) is 12.8 Å². The van der Waals surface area contributed by atoms with Crippen LogP contribution in [0.15, 0.2) is 5.16 Å². The summed E-state index contributed by atoms with van der Waals surface area (Å²) < 4.78 is 7.48. The molecule has 16 heavy (non-hydrogen) atoms. The van der Waals surface area contributed by atoms with Crippen LogP contribution in [0.5, 0.6) is 0 Å². The molecule has 0 spiro atoms. The summed E-state index contributed by atoms with van der Waals surface area (Å²) in [6, 6.07) is 0.175. The number of nitrogens with zero attached hydrogens (tertiary/aromatic N) is 3. The monoisotopic (exact) mass is 240 g/mol. The van der Waals surface area contributed by atoms with Crippen LogP contribution in [0.25, 0.3) is 0 Å². The van der Waals surface area contributed by atoms with E-state index in [1.807, 2.05) is 16.4 Å². The Kier molecular flexibility index (Phi) is 3.12. The fourth-order valence-corrected chi connectivity index (χ4v) is 2.97. The molecule has 1 N–H and O–H groups in total. The zero-order valence-corrected chi connectivity index (χ0v) is 10.0. The lowest BCUT2D eigenvalue weighted by Gasteiger charge is -2.20. The molecule has 0 aromatic carbocycles. The fraction of sp³-hybridized carbons (Fsp3) is 0.800. The number of hydrogen-bond donors (Lipinski definition) is 1. The van der Waals surface area contributed by atoms with Gasteiger partial charge in [-0.3, -0.25) is 0 Å². The molecule has 3 heterocycles. The topological polar surface area (TPSA) is 52.0 Å². The Bertz CT molecular complexity index is 338. The molecule has 0 amide bonds. The van der Waals surface area contributed by atoms with Gasteiger partial charge < -0.3 is 10.1 Å². The highest BCUT2D eigenvalue weighted by atomic mass is 32.2. The molecule has 1 atom stereocenters. The van der Waals surface area contributed by atoms with Gasteiger partial charge in [0.2, 0.25) is 0 Å². The van der Waals surface area contributed by atoms with Gasteiger partial charge in [-0.05, 0) is 12.8 Å². The van der Waals surface area contributed by atoms with Gasteiger partial charge in [0.1, 0.15) is 0 Å². The van der Waals surface area contributed by atoms with Gasteiger partial charge in [0, 0.05) is 18.8 Å². The van der Waals surface area contributed by atoms with Gasteiger partial charge in [0.05, 0.1) is 19.3 Å². The summed E-state index contributed by atoms with van der Waals surface area (Å²) in [5.41, 5.74) is 0. The lowest BCUT2D eigenvalue weighted by atomic mass is 10.3. The summed E-state index contributed by atoms with van der Waals surface area (Å²) in [5.74, 6) is 2.05. The Labute approximate surface area is 99.0 Å². The van der Waals surface area contributed by atoms with Crippen molar-refractivity contribution in [2.45, 2.75) is 30.6 Å². The Balaban J connectivity index is 1.80. The number of hydrogen-bond acceptors (Lipinski definition) is 5. The van der Waals surface area contributed by atoms with Crippen molar-refractivity contribution in [1.29, 1.82) is 0 Å². The number of ether oxygens (including phenoxy) is 1. The average Bonchev–Trinajstić information content (AvgIpc) is 2.62. The molecule has 88 valence electrons. The molecule has 0 radical (unpaired) electrons. The molecular formula is C10H16N4OS. The molecule has 1 fully saturated rings. The first-order valence-corrected chi connectivity index (χ1v) is 6.81. The van der Waals surface area contributed by atoms with Crippen molar-refractivity contribution in [3.63, 3.8) is 0 Å². The molecule has 1 aromatic rings. The predicted molar refractivity (Wildman–Crippen MR) is 61.5 cm³/mol. The highest BCUT2D eigenvalue weighted by Crippen LogP contribution is 2.23. The smallest absolute Gasteiger partial charge is 0.186 e. The Morgan fingerprint density at radius 2 is 2.44 bits per heavy atom. The second-order valence-corrected chi connectivity index (χ2v) is 5.17. The van der Waals surface area contributed by atoms with E-state index in [0.29, 0.717) is 6.61 Å². The van der Waals surface area contributed by atoms with E-state index in [1.54, 1.807) is 0 Å². The fourth-order valence-electron chi connectivity index (χ4n) is 2.00. The maximum Gasteiger partial charge on any atom is 0.186 e. The quantitative estimate of drug-likeness (QED) is 0.788. The second kappa shape index (κ2) is 4.73. The predicted octanol–water partition coefficient (Wildman–Crippen LogP) is 0.825. The van der Waals surface area contributed by atoms with E-state index in [2.05, 4.69) is 15.4 Å². The normalized spacial score (nSPS) is 26.1. The van der Waals surface area contributed by atoms with Crippen LogP contribution in [0.1, 0.15) is 24.7 Å². The molecule has 0 saturated carbocycles. The number of morpholine rings is 1. The molecule has 1 saturated heterocycles. The van der Waals surface area contributed by atoms with Gasteiger partial charge in [-0.25, -0.2) is 9.67 Å². The third-order valence-electron chi connectivity index (χ3n) is 2.88. The minimum Gasteiger partial charge on any atom is -0.378 e. The molecule has 2 aliphatic heterocycles. The number of aromatic nitrogens is 3. The lowest BCUT2D eigenvalue weighted by molar-refractivity contribution is 0.0741. The molecule has 1 aromatic heterocycles. The highest BCUT2D eigenvalue weighted by Gasteiger charge is 2.22. The molecule has 1 unspecified atom stereocenters. The van der Waals surface area contributed by atoms with Crippen molar-refractivity contribution in [3.8, 4) is 0 Å². The third-order valence-corrected chi connectivity index (χ3v) is 3.94. The summed E-state index contributed by atoms with van der Waals surface area (Å²) in [6.45, 7) is 3.37. The molecule has 2 aliphatic rings. The number of rotatable bonds is 1. The molecule has 3 rings (SSSR count). The van der Waals surface area contributed by atoms with Crippen LogP contribution in [0.2, 0.25) is 0 Å². The standard InChI is InChI=1S/C10H16N4OS/c1-2-6-16-10-12-9(13-14(10)4-1)8-7-15-5-3-11-8/h8,11H,1-7H2. The van der Waals surface area contributed by atoms with E-state index in [-0.39, 0.29) is 6.04 Å². The van der Waals surface area contributed by atoms with Gasteiger partial charge in [-0.1, -0.05) is 11.8 Å². The van der Waals surface area contributed by atoms with E-state index < -0.39 is 0 Å². The first kappa shape index (κ1) is 10.6. The van der Waals surface area contributed by atoms with Crippen molar-refractivity contribution in [2.75, 3.05) is 25.5 Å². The molecule has 0 bridgehead atoms. The largest absolute Gasteiger partial charge is 0.378 e. The zero-order chi connectivity index (χ0) is 10.8. The summed E-state index contributed by atoms with van der Waals surface area (Å²) in [6.07, 6.45) is 2.47.